The average Bonchev–Trinajstić information content (AvgIpc) is 3.60. The molecule has 1 saturated heterocycles. The maximum Gasteiger partial charge on any atom is 0.491 e. The number of benzene rings is 2. The third kappa shape index (κ3) is 7.34. The summed E-state index contributed by atoms with van der Waals surface area (Å²) in [6, 6.07) is 9.61. The highest BCUT2D eigenvalue weighted by Crippen LogP contribution is 2.33. The summed E-state index contributed by atoms with van der Waals surface area (Å²) in [5.41, 5.74) is -1.75. The van der Waals surface area contributed by atoms with Crippen LogP contribution in [0.15, 0.2) is 53.3 Å². The Kier molecular flexibility index (Phi) is 9.60. The molecule has 2 aromatic carbocycles. The first kappa shape index (κ1) is 34.5. The maximum absolute atomic E-state index is 14.1. The zero-order valence-electron chi connectivity index (χ0n) is 24.0. The number of ether oxygens (including phenoxy) is 1. The van der Waals surface area contributed by atoms with Crippen LogP contribution in [0.2, 0.25) is 5.02 Å². The van der Waals surface area contributed by atoms with Crippen molar-refractivity contribution in [1.29, 1.82) is 0 Å². The molecule has 0 radical (unpaired) electrons. The molecule has 4 aromatic rings. The Morgan fingerprint density at radius 1 is 1.02 bits per heavy atom. The van der Waals surface area contributed by atoms with Gasteiger partial charge in [0.2, 0.25) is 18.2 Å². The molecule has 1 amide bonds. The second-order valence-corrected chi connectivity index (χ2v) is 10.6. The van der Waals surface area contributed by atoms with Crippen LogP contribution in [0.25, 0.3) is 17.1 Å². The van der Waals surface area contributed by atoms with Crippen LogP contribution in [0.1, 0.15) is 22.7 Å². The minimum Gasteiger partial charge on any atom is -0.431 e. The molecule has 1 aliphatic rings. The topological polar surface area (TPSA) is 149 Å². The van der Waals surface area contributed by atoms with Crippen molar-refractivity contribution in [2.24, 2.45) is 0 Å². The van der Waals surface area contributed by atoms with Crippen LogP contribution in [-0.4, -0.2) is 95.6 Å². The second kappa shape index (κ2) is 13.4. The molecule has 21 heteroatoms. The Hall–Kier alpha value is -4.82. The van der Waals surface area contributed by atoms with E-state index in [1.807, 2.05) is 0 Å². The highest BCUT2D eigenvalue weighted by Gasteiger charge is 2.51. The first-order valence-corrected chi connectivity index (χ1v) is 14.1. The van der Waals surface area contributed by atoms with Gasteiger partial charge in [0, 0.05) is 36.8 Å². The standard InChI is InChI=1S/C27H22ClF7N8O5/c28-15-6-4-14(5-7-15)20-39-41(25(47)42(20)23(19(44)26(30,31)32)48-24(46)27(33,34)35)13-18-37-21(22(45)40-10-8-36-9-11-40)43(38-18)17-3-1-2-16(29)12-17/h1-7,12,19,23,36,44H,8-11,13H2/t19-,23?/m0/s1. The van der Waals surface area contributed by atoms with E-state index in [4.69, 9.17) is 11.6 Å². The van der Waals surface area contributed by atoms with Crippen molar-refractivity contribution in [1.82, 2.24) is 39.3 Å². The highest BCUT2D eigenvalue weighted by atomic mass is 35.5. The number of piperazine rings is 1. The number of rotatable bonds is 8. The van der Waals surface area contributed by atoms with Crippen molar-refractivity contribution in [3.05, 3.63) is 81.5 Å². The molecular weight excluding hydrogens is 685 g/mol. The van der Waals surface area contributed by atoms with E-state index in [1.165, 1.54) is 29.2 Å². The van der Waals surface area contributed by atoms with E-state index < -0.39 is 60.4 Å². The van der Waals surface area contributed by atoms with E-state index in [0.29, 0.717) is 17.8 Å². The summed E-state index contributed by atoms with van der Waals surface area (Å²) >= 11 is 5.88. The monoisotopic (exact) mass is 706 g/mol. The predicted molar refractivity (Wildman–Crippen MR) is 149 cm³/mol. The molecule has 13 nitrogen and oxygen atoms in total. The van der Waals surface area contributed by atoms with Gasteiger partial charge in [-0.05, 0) is 42.5 Å². The van der Waals surface area contributed by atoms with E-state index >= 15 is 0 Å². The number of hydrogen-bond donors (Lipinski definition) is 2. The maximum atomic E-state index is 14.1. The number of hydrogen-bond acceptors (Lipinski definition) is 9. The second-order valence-electron chi connectivity index (χ2n) is 10.2. The first-order valence-electron chi connectivity index (χ1n) is 13.7. The lowest BCUT2D eigenvalue weighted by Gasteiger charge is -2.26. The van der Waals surface area contributed by atoms with Crippen molar-refractivity contribution in [2.75, 3.05) is 26.2 Å². The molecule has 0 bridgehead atoms. The summed E-state index contributed by atoms with van der Waals surface area (Å²) < 4.78 is 99.9. The molecule has 2 N–H and O–H groups in total. The van der Waals surface area contributed by atoms with Gasteiger partial charge in [0.05, 0.1) is 5.69 Å². The summed E-state index contributed by atoms with van der Waals surface area (Å²) in [7, 11) is 0. The lowest BCUT2D eigenvalue weighted by molar-refractivity contribution is -0.260. The van der Waals surface area contributed by atoms with Crippen LogP contribution in [0.4, 0.5) is 30.7 Å². The number of nitrogens with one attached hydrogen (secondary N) is 1. The van der Waals surface area contributed by atoms with Gasteiger partial charge in [-0.15, -0.1) is 10.2 Å². The lowest BCUT2D eigenvalue weighted by Crippen LogP contribution is -2.47. The van der Waals surface area contributed by atoms with Crippen molar-refractivity contribution in [2.45, 2.75) is 31.2 Å². The fourth-order valence-corrected chi connectivity index (χ4v) is 4.76. The molecule has 5 rings (SSSR count). The molecule has 1 unspecified atom stereocenters. The average molecular weight is 707 g/mol. The van der Waals surface area contributed by atoms with Crippen molar-refractivity contribution in [3.8, 4) is 17.1 Å². The summed E-state index contributed by atoms with van der Waals surface area (Å²) in [4.78, 5) is 44.4. The van der Waals surface area contributed by atoms with Gasteiger partial charge in [-0.2, -0.15) is 26.3 Å². The quantitative estimate of drug-likeness (QED) is 0.208. The first-order chi connectivity index (χ1) is 22.5. The number of carbonyl (C=O) groups excluding carboxylic acids is 2. The van der Waals surface area contributed by atoms with Crippen LogP contribution in [-0.2, 0) is 16.1 Å². The lowest BCUT2D eigenvalue weighted by atomic mass is 10.2. The molecule has 1 fully saturated rings. The van der Waals surface area contributed by atoms with E-state index in [2.05, 4.69) is 25.2 Å². The largest absolute Gasteiger partial charge is 0.491 e. The summed E-state index contributed by atoms with van der Waals surface area (Å²) in [6.07, 6.45) is -18.7. The van der Waals surface area contributed by atoms with Gasteiger partial charge in [0.15, 0.2) is 11.6 Å². The number of carbonyl (C=O) groups is 2. The molecule has 2 aromatic heterocycles. The minimum atomic E-state index is -5.81. The zero-order chi connectivity index (χ0) is 35.0. The highest BCUT2D eigenvalue weighted by molar-refractivity contribution is 6.30. The fourth-order valence-electron chi connectivity index (χ4n) is 4.64. The van der Waals surface area contributed by atoms with Crippen molar-refractivity contribution >= 4 is 23.5 Å². The van der Waals surface area contributed by atoms with Gasteiger partial charge in [0.25, 0.3) is 5.91 Å². The molecule has 256 valence electrons. The van der Waals surface area contributed by atoms with E-state index in [1.54, 1.807) is 0 Å². The summed E-state index contributed by atoms with van der Waals surface area (Å²) in [6.45, 7) is 0.655. The Bertz CT molecular complexity index is 1870. The van der Waals surface area contributed by atoms with Gasteiger partial charge in [-0.3, -0.25) is 4.79 Å². The van der Waals surface area contributed by atoms with Crippen molar-refractivity contribution < 1.29 is 50.2 Å². The Morgan fingerprint density at radius 3 is 2.29 bits per heavy atom. The molecule has 2 atom stereocenters. The Balaban J connectivity index is 1.64. The van der Waals surface area contributed by atoms with E-state index in [9.17, 15) is 50.2 Å². The molecule has 3 heterocycles. The third-order valence-corrected chi connectivity index (χ3v) is 7.13. The number of halogens is 8. The minimum absolute atomic E-state index is 0.0411. The number of aliphatic hydroxyl groups excluding tert-OH is 1. The van der Waals surface area contributed by atoms with Gasteiger partial charge in [-0.1, -0.05) is 17.7 Å². The normalized spacial score (nSPS) is 15.3. The van der Waals surface area contributed by atoms with Crippen LogP contribution >= 0.6 is 11.6 Å². The molecule has 0 saturated carbocycles. The fraction of sp³-hybridized carbons (Fsp3) is 0.333. The smallest absolute Gasteiger partial charge is 0.431 e. The van der Waals surface area contributed by atoms with Crippen LogP contribution in [0.3, 0.4) is 0 Å². The van der Waals surface area contributed by atoms with Gasteiger partial charge in [0.1, 0.15) is 12.4 Å². The van der Waals surface area contributed by atoms with E-state index in [0.717, 1.165) is 28.9 Å². The van der Waals surface area contributed by atoms with Gasteiger partial charge >= 0.3 is 24.0 Å². The number of aromatic nitrogens is 6. The van der Waals surface area contributed by atoms with Gasteiger partial charge in [-0.25, -0.2) is 32.9 Å². The van der Waals surface area contributed by atoms with Crippen molar-refractivity contribution in [3.63, 3.8) is 0 Å². The number of alkyl halides is 6. The van der Waals surface area contributed by atoms with Gasteiger partial charge < -0.3 is 20.1 Å². The summed E-state index contributed by atoms with van der Waals surface area (Å²) in [5.74, 6) is -5.92. The Morgan fingerprint density at radius 2 is 1.69 bits per heavy atom. The third-order valence-electron chi connectivity index (χ3n) is 6.88. The Labute approximate surface area is 269 Å². The molecule has 0 aliphatic carbocycles. The molecular formula is C27H22ClF7N8O5. The SMILES string of the molecule is O=C(c1nc(Cn2nc(-c3ccc(Cl)cc3)n(C(OC(=O)C(F)(F)F)[C@H](O)C(F)(F)F)c2=O)nn1-c1cccc(F)c1)N1CCNCC1. The summed E-state index contributed by atoms with van der Waals surface area (Å²) in [5, 5.41) is 21.3. The number of nitrogens with zero attached hydrogens (tertiary/aromatic N) is 7. The van der Waals surface area contributed by atoms with E-state index in [-0.39, 0.29) is 45.6 Å². The number of amides is 1. The zero-order valence-corrected chi connectivity index (χ0v) is 24.8. The molecule has 48 heavy (non-hydrogen) atoms. The molecule has 0 spiro atoms. The number of esters is 1. The van der Waals surface area contributed by atoms with Crippen LogP contribution < -0.4 is 11.0 Å². The number of aliphatic hydroxyl groups is 1. The molecule has 1 aliphatic heterocycles. The predicted octanol–water partition coefficient (Wildman–Crippen LogP) is 2.71. The van der Waals surface area contributed by atoms with Crippen LogP contribution in [0, 0.1) is 5.82 Å². The van der Waals surface area contributed by atoms with Crippen LogP contribution in [0.5, 0.6) is 0 Å².